The van der Waals surface area contributed by atoms with E-state index in [9.17, 15) is 9.59 Å². The maximum atomic E-state index is 12.4. The van der Waals surface area contributed by atoms with Crippen LogP contribution in [-0.4, -0.2) is 15.7 Å². The number of hydrogen-bond donors (Lipinski definition) is 2. The van der Waals surface area contributed by atoms with Crippen molar-refractivity contribution in [1.29, 1.82) is 0 Å². The predicted octanol–water partition coefficient (Wildman–Crippen LogP) is 4.80. The van der Waals surface area contributed by atoms with Gasteiger partial charge in [0.25, 0.3) is 11.5 Å². The van der Waals surface area contributed by atoms with Gasteiger partial charge in [0, 0.05) is 22.1 Å². The molecule has 3 rings (SSSR count). The van der Waals surface area contributed by atoms with Crippen LogP contribution in [0.2, 0.25) is 5.02 Å². The van der Waals surface area contributed by atoms with Gasteiger partial charge in [-0.05, 0) is 48.5 Å². The topological polar surface area (TPSA) is 91.6 Å². The minimum Gasteiger partial charge on any atom is -0.305 e. The van der Waals surface area contributed by atoms with Crippen molar-refractivity contribution in [2.45, 2.75) is 0 Å². The fourth-order valence-electron chi connectivity index (χ4n) is 2.16. The van der Waals surface area contributed by atoms with E-state index in [2.05, 4.69) is 36.6 Å². The molecule has 0 bridgehead atoms. The number of nitrogens with one attached hydrogen (secondary N) is 2. The lowest BCUT2D eigenvalue weighted by atomic mass is 10.2. The van der Waals surface area contributed by atoms with E-state index >= 15 is 0 Å². The Morgan fingerprint density at radius 2 is 1.77 bits per heavy atom. The average molecular weight is 435 g/mol. The molecule has 0 atom stereocenters. The SMILES string of the molecule is Cn1[nH]c(=O)c(N=Nc2ccc(Br)cc2)c1NC(=O)c1ccc(Cl)cc1. The monoisotopic (exact) mass is 433 g/mol. The molecule has 0 radical (unpaired) electrons. The highest BCUT2D eigenvalue weighted by molar-refractivity contribution is 9.10. The Morgan fingerprint density at radius 3 is 2.42 bits per heavy atom. The number of halogens is 2. The number of azo groups is 1. The fraction of sp³-hybridized carbons (Fsp3) is 0.0588. The summed E-state index contributed by atoms with van der Waals surface area (Å²) in [6, 6.07) is 13.5. The van der Waals surface area contributed by atoms with Crippen LogP contribution >= 0.6 is 27.5 Å². The van der Waals surface area contributed by atoms with Gasteiger partial charge in [-0.1, -0.05) is 27.5 Å². The van der Waals surface area contributed by atoms with Crippen LogP contribution in [0.3, 0.4) is 0 Å². The smallest absolute Gasteiger partial charge is 0.294 e. The molecule has 26 heavy (non-hydrogen) atoms. The number of aromatic nitrogens is 2. The molecule has 0 aliphatic rings. The first kappa shape index (κ1) is 18.1. The molecule has 0 aliphatic heterocycles. The van der Waals surface area contributed by atoms with Crippen LogP contribution in [0, 0.1) is 0 Å². The zero-order valence-corrected chi connectivity index (χ0v) is 15.9. The second-order valence-electron chi connectivity index (χ2n) is 5.33. The van der Waals surface area contributed by atoms with Crippen LogP contribution in [0.15, 0.2) is 68.0 Å². The molecule has 2 aromatic carbocycles. The van der Waals surface area contributed by atoms with Crippen molar-refractivity contribution < 1.29 is 4.79 Å². The number of anilines is 1. The van der Waals surface area contributed by atoms with E-state index in [1.54, 1.807) is 43.4 Å². The van der Waals surface area contributed by atoms with Crippen molar-refractivity contribution in [3.63, 3.8) is 0 Å². The molecular formula is C17H13BrClN5O2. The molecule has 7 nitrogen and oxygen atoms in total. The number of benzene rings is 2. The minimum absolute atomic E-state index is 0.0118. The third-order valence-corrected chi connectivity index (χ3v) is 4.26. The number of carbonyl (C=O) groups is 1. The summed E-state index contributed by atoms with van der Waals surface area (Å²) < 4.78 is 2.29. The molecular weight excluding hydrogens is 422 g/mol. The van der Waals surface area contributed by atoms with Gasteiger partial charge in [-0.3, -0.25) is 19.4 Å². The van der Waals surface area contributed by atoms with Gasteiger partial charge in [-0.2, -0.15) is 5.11 Å². The summed E-state index contributed by atoms with van der Waals surface area (Å²) >= 11 is 9.16. The summed E-state index contributed by atoms with van der Waals surface area (Å²) in [4.78, 5) is 24.5. The van der Waals surface area contributed by atoms with Crippen molar-refractivity contribution in [3.05, 3.63) is 73.9 Å². The van der Waals surface area contributed by atoms with Crippen molar-refractivity contribution in [2.75, 3.05) is 5.32 Å². The number of rotatable bonds is 4. The van der Waals surface area contributed by atoms with Gasteiger partial charge in [-0.15, -0.1) is 5.11 Å². The maximum Gasteiger partial charge on any atom is 0.294 e. The second-order valence-corrected chi connectivity index (χ2v) is 6.69. The molecule has 9 heteroatoms. The van der Waals surface area contributed by atoms with Crippen molar-refractivity contribution in [1.82, 2.24) is 9.78 Å². The summed E-state index contributed by atoms with van der Waals surface area (Å²) in [6.07, 6.45) is 0. The van der Waals surface area contributed by atoms with Crippen LogP contribution in [0.25, 0.3) is 0 Å². The van der Waals surface area contributed by atoms with E-state index in [4.69, 9.17) is 11.6 Å². The first-order valence-electron chi connectivity index (χ1n) is 7.47. The lowest BCUT2D eigenvalue weighted by Crippen LogP contribution is -2.14. The Bertz CT molecular complexity index is 1020. The largest absolute Gasteiger partial charge is 0.305 e. The highest BCUT2D eigenvalue weighted by Crippen LogP contribution is 2.24. The Hall–Kier alpha value is -2.71. The normalized spacial score (nSPS) is 11.0. The zero-order chi connectivity index (χ0) is 18.7. The summed E-state index contributed by atoms with van der Waals surface area (Å²) in [5.41, 5.74) is 0.530. The molecule has 0 saturated heterocycles. The number of aryl methyl sites for hydroxylation is 1. The summed E-state index contributed by atoms with van der Waals surface area (Å²) in [7, 11) is 1.59. The van der Waals surface area contributed by atoms with Gasteiger partial charge < -0.3 is 5.32 Å². The summed E-state index contributed by atoms with van der Waals surface area (Å²) in [6.45, 7) is 0. The van der Waals surface area contributed by atoms with E-state index in [1.165, 1.54) is 4.68 Å². The maximum absolute atomic E-state index is 12.4. The van der Waals surface area contributed by atoms with Crippen molar-refractivity contribution in [2.24, 2.45) is 17.3 Å². The van der Waals surface area contributed by atoms with E-state index in [0.717, 1.165) is 4.47 Å². The number of nitrogens with zero attached hydrogens (tertiary/aromatic N) is 3. The van der Waals surface area contributed by atoms with Crippen molar-refractivity contribution in [3.8, 4) is 0 Å². The fourth-order valence-corrected chi connectivity index (χ4v) is 2.55. The molecule has 0 unspecified atom stereocenters. The first-order valence-corrected chi connectivity index (χ1v) is 8.64. The van der Waals surface area contributed by atoms with Gasteiger partial charge in [0.15, 0.2) is 11.5 Å². The van der Waals surface area contributed by atoms with E-state index in [1.807, 2.05) is 12.1 Å². The molecule has 1 aromatic heterocycles. The molecule has 1 amide bonds. The number of amides is 1. The first-order chi connectivity index (χ1) is 12.4. The Balaban J connectivity index is 1.88. The minimum atomic E-state index is -0.459. The quantitative estimate of drug-likeness (QED) is 0.578. The molecule has 0 fully saturated rings. The zero-order valence-electron chi connectivity index (χ0n) is 13.5. The number of hydrogen-bond acceptors (Lipinski definition) is 4. The van der Waals surface area contributed by atoms with Gasteiger partial charge in [0.1, 0.15) is 0 Å². The molecule has 1 heterocycles. The molecule has 0 spiro atoms. The van der Waals surface area contributed by atoms with E-state index in [0.29, 0.717) is 16.3 Å². The highest BCUT2D eigenvalue weighted by atomic mass is 79.9. The lowest BCUT2D eigenvalue weighted by molar-refractivity contribution is 0.102. The van der Waals surface area contributed by atoms with Crippen molar-refractivity contribution >= 4 is 50.6 Å². The standard InChI is InChI=1S/C17H13BrClN5O2/c1-24-15(20-16(25)10-2-6-12(19)7-3-10)14(17(26)23-24)22-21-13-8-4-11(18)5-9-13/h2-9H,1H3,(H,20,25)(H,23,26). The van der Waals surface area contributed by atoms with Gasteiger partial charge in [-0.25, -0.2) is 0 Å². The Morgan fingerprint density at radius 1 is 1.12 bits per heavy atom. The molecule has 132 valence electrons. The predicted molar refractivity (Wildman–Crippen MR) is 104 cm³/mol. The Kier molecular flexibility index (Phi) is 5.34. The third kappa shape index (κ3) is 4.09. The third-order valence-electron chi connectivity index (χ3n) is 3.47. The number of aromatic amines is 1. The van der Waals surface area contributed by atoms with Gasteiger partial charge in [0.05, 0.1) is 5.69 Å². The molecule has 2 N–H and O–H groups in total. The average Bonchev–Trinajstić information content (AvgIpc) is 2.88. The van der Waals surface area contributed by atoms with Gasteiger partial charge in [0.2, 0.25) is 0 Å². The Labute approximate surface area is 161 Å². The van der Waals surface area contributed by atoms with Crippen LogP contribution in [0.5, 0.6) is 0 Å². The second kappa shape index (κ2) is 7.67. The molecule has 0 aliphatic carbocycles. The van der Waals surface area contributed by atoms with E-state index < -0.39 is 11.5 Å². The number of H-pyrrole nitrogens is 1. The van der Waals surface area contributed by atoms with Crippen LogP contribution in [0.4, 0.5) is 17.2 Å². The summed E-state index contributed by atoms with van der Waals surface area (Å²) in [5.74, 6) is -0.174. The van der Waals surface area contributed by atoms with Crippen LogP contribution < -0.4 is 10.9 Å². The highest BCUT2D eigenvalue weighted by Gasteiger charge is 2.16. The lowest BCUT2D eigenvalue weighted by Gasteiger charge is -2.06. The van der Waals surface area contributed by atoms with Crippen LogP contribution in [0.1, 0.15) is 10.4 Å². The number of carbonyl (C=O) groups excluding carboxylic acids is 1. The van der Waals surface area contributed by atoms with Crippen LogP contribution in [-0.2, 0) is 7.05 Å². The van der Waals surface area contributed by atoms with Gasteiger partial charge >= 0.3 is 0 Å². The summed E-state index contributed by atoms with van der Waals surface area (Å²) in [5, 5.41) is 13.8. The molecule has 0 saturated carbocycles. The molecule has 3 aromatic rings. The van der Waals surface area contributed by atoms with E-state index in [-0.39, 0.29) is 11.5 Å².